The third kappa shape index (κ3) is 4.15. The van der Waals surface area contributed by atoms with Gasteiger partial charge in [-0.1, -0.05) is 54.6 Å². The van der Waals surface area contributed by atoms with Crippen LogP contribution in [0, 0.1) is 11.6 Å². The van der Waals surface area contributed by atoms with Crippen molar-refractivity contribution in [1.82, 2.24) is 5.32 Å². The maximum absolute atomic E-state index is 13.8. The Morgan fingerprint density at radius 2 is 1.45 bits per heavy atom. The summed E-state index contributed by atoms with van der Waals surface area (Å²) in [6.07, 6.45) is -4.26. The van der Waals surface area contributed by atoms with Crippen molar-refractivity contribution in [3.63, 3.8) is 0 Å². The fourth-order valence-electron chi connectivity index (χ4n) is 3.93. The van der Waals surface area contributed by atoms with Gasteiger partial charge in [0, 0.05) is 12.5 Å². The van der Waals surface area contributed by atoms with Crippen LogP contribution in [0.3, 0.4) is 0 Å². The summed E-state index contributed by atoms with van der Waals surface area (Å²) in [5.74, 6) is -2.08. The number of aliphatic hydroxyl groups excluding tert-OH is 2. The molecule has 7 heteroatoms. The molecule has 0 spiro atoms. The number of ether oxygens (including phenoxy) is 1. The van der Waals surface area contributed by atoms with Crippen LogP contribution < -0.4 is 5.32 Å². The number of alkyl carbamates (subject to hydrolysis) is 1. The van der Waals surface area contributed by atoms with Crippen LogP contribution in [0.4, 0.5) is 13.6 Å². The first kappa shape index (κ1) is 21.0. The van der Waals surface area contributed by atoms with Gasteiger partial charge in [-0.2, -0.15) is 0 Å². The second kappa shape index (κ2) is 8.83. The Bertz CT molecular complexity index is 1040. The molecule has 0 fully saturated rings. The van der Waals surface area contributed by atoms with Crippen LogP contribution in [0.25, 0.3) is 11.1 Å². The molecule has 0 heterocycles. The minimum atomic E-state index is -1.84. The average Bonchev–Trinajstić information content (AvgIpc) is 3.09. The molecule has 3 aromatic carbocycles. The predicted octanol–water partition coefficient (Wildman–Crippen LogP) is 3.90. The van der Waals surface area contributed by atoms with Crippen molar-refractivity contribution >= 4 is 6.09 Å². The highest BCUT2D eigenvalue weighted by atomic mass is 19.1. The number of rotatable bonds is 6. The second-order valence-electron chi connectivity index (χ2n) is 7.35. The molecule has 4 rings (SSSR count). The monoisotopic (exact) mass is 425 g/mol. The fourth-order valence-corrected chi connectivity index (χ4v) is 3.93. The number of carbonyl (C=O) groups excluding carboxylic acids is 1. The van der Waals surface area contributed by atoms with Gasteiger partial charge < -0.3 is 20.3 Å². The number of aliphatic hydroxyl groups is 2. The van der Waals surface area contributed by atoms with Crippen molar-refractivity contribution in [1.29, 1.82) is 0 Å². The maximum Gasteiger partial charge on any atom is 0.407 e. The predicted molar refractivity (Wildman–Crippen MR) is 110 cm³/mol. The summed E-state index contributed by atoms with van der Waals surface area (Å²) in [5.41, 5.74) is 3.66. The van der Waals surface area contributed by atoms with Crippen LogP contribution in [0.1, 0.15) is 28.7 Å². The van der Waals surface area contributed by atoms with Crippen LogP contribution in [0.15, 0.2) is 66.7 Å². The summed E-state index contributed by atoms with van der Waals surface area (Å²) in [5, 5.41) is 22.4. The van der Waals surface area contributed by atoms with Gasteiger partial charge in [-0.3, -0.25) is 0 Å². The SMILES string of the molecule is O=C(NCC(O)C(O)c1c(F)cccc1F)OCC1c2ccccc2-c2ccccc21. The summed E-state index contributed by atoms with van der Waals surface area (Å²) in [6.45, 7) is -0.355. The molecule has 0 saturated heterocycles. The molecule has 2 atom stereocenters. The zero-order chi connectivity index (χ0) is 22.0. The minimum absolute atomic E-state index is 0.0838. The molecule has 0 aliphatic heterocycles. The molecular formula is C24H21F2NO4. The van der Waals surface area contributed by atoms with Gasteiger partial charge in [-0.15, -0.1) is 0 Å². The molecule has 3 aromatic rings. The van der Waals surface area contributed by atoms with E-state index in [1.54, 1.807) is 0 Å². The van der Waals surface area contributed by atoms with E-state index < -0.39 is 42.0 Å². The molecule has 0 aromatic heterocycles. The zero-order valence-electron chi connectivity index (χ0n) is 16.5. The highest BCUT2D eigenvalue weighted by molar-refractivity contribution is 5.79. The minimum Gasteiger partial charge on any atom is -0.449 e. The Morgan fingerprint density at radius 3 is 2.03 bits per heavy atom. The largest absolute Gasteiger partial charge is 0.449 e. The van der Waals surface area contributed by atoms with Crippen molar-refractivity contribution in [2.75, 3.05) is 13.2 Å². The Hall–Kier alpha value is -3.29. The van der Waals surface area contributed by atoms with Crippen LogP contribution in [0.5, 0.6) is 0 Å². The van der Waals surface area contributed by atoms with E-state index in [4.69, 9.17) is 4.74 Å². The van der Waals surface area contributed by atoms with E-state index >= 15 is 0 Å². The number of amides is 1. The zero-order valence-corrected chi connectivity index (χ0v) is 16.5. The number of hydrogen-bond donors (Lipinski definition) is 3. The maximum atomic E-state index is 13.8. The number of nitrogens with one attached hydrogen (secondary N) is 1. The van der Waals surface area contributed by atoms with E-state index in [1.165, 1.54) is 0 Å². The lowest BCUT2D eigenvalue weighted by atomic mass is 9.98. The number of benzene rings is 3. The van der Waals surface area contributed by atoms with Gasteiger partial charge >= 0.3 is 6.09 Å². The number of carbonyl (C=O) groups is 1. The van der Waals surface area contributed by atoms with Crippen LogP contribution in [0.2, 0.25) is 0 Å². The van der Waals surface area contributed by atoms with Gasteiger partial charge in [0.15, 0.2) is 0 Å². The molecule has 0 radical (unpaired) electrons. The molecule has 3 N–H and O–H groups in total. The Morgan fingerprint density at radius 1 is 0.903 bits per heavy atom. The second-order valence-corrected chi connectivity index (χ2v) is 7.35. The smallest absolute Gasteiger partial charge is 0.407 e. The first-order valence-corrected chi connectivity index (χ1v) is 9.86. The van der Waals surface area contributed by atoms with E-state index in [1.807, 2.05) is 48.5 Å². The standard InChI is InChI=1S/C24H21F2NO4/c25-19-10-5-11-20(26)22(19)23(29)21(28)12-27-24(30)31-13-18-16-8-3-1-6-14(16)15-7-2-4-9-17(15)18/h1-11,18,21,23,28-29H,12-13H2,(H,27,30). The molecule has 0 saturated carbocycles. The number of halogens is 2. The van der Waals surface area contributed by atoms with Gasteiger partial charge in [0.1, 0.15) is 30.4 Å². The third-order valence-electron chi connectivity index (χ3n) is 5.46. The van der Waals surface area contributed by atoms with Crippen molar-refractivity contribution in [2.45, 2.75) is 18.1 Å². The highest BCUT2D eigenvalue weighted by Gasteiger charge is 2.29. The average molecular weight is 425 g/mol. The van der Waals surface area contributed by atoms with E-state index in [0.29, 0.717) is 0 Å². The lowest BCUT2D eigenvalue weighted by Gasteiger charge is -2.20. The van der Waals surface area contributed by atoms with Crippen molar-refractivity contribution in [2.24, 2.45) is 0 Å². The fraction of sp³-hybridized carbons (Fsp3) is 0.208. The molecule has 5 nitrogen and oxygen atoms in total. The van der Waals surface area contributed by atoms with Crippen LogP contribution >= 0.6 is 0 Å². The topological polar surface area (TPSA) is 78.8 Å². The number of hydrogen-bond acceptors (Lipinski definition) is 4. The lowest BCUT2D eigenvalue weighted by Crippen LogP contribution is -2.36. The van der Waals surface area contributed by atoms with Gasteiger partial charge in [-0.25, -0.2) is 13.6 Å². The quantitative estimate of drug-likeness (QED) is 0.560. The summed E-state index contributed by atoms with van der Waals surface area (Å²) >= 11 is 0. The van der Waals surface area contributed by atoms with E-state index in [9.17, 15) is 23.8 Å². The molecule has 160 valence electrons. The molecule has 0 bridgehead atoms. The Balaban J connectivity index is 1.36. The van der Waals surface area contributed by atoms with E-state index in [0.717, 1.165) is 40.5 Å². The van der Waals surface area contributed by atoms with Crippen LogP contribution in [-0.2, 0) is 4.74 Å². The van der Waals surface area contributed by atoms with E-state index in [2.05, 4.69) is 5.32 Å². The highest BCUT2D eigenvalue weighted by Crippen LogP contribution is 2.44. The van der Waals surface area contributed by atoms with Gasteiger partial charge in [-0.05, 0) is 34.4 Å². The number of fused-ring (bicyclic) bond motifs is 3. The normalized spacial score (nSPS) is 14.5. The molecule has 1 aliphatic rings. The molecule has 2 unspecified atom stereocenters. The summed E-state index contributed by atoms with van der Waals surface area (Å²) < 4.78 is 32.9. The molecular weight excluding hydrogens is 404 g/mol. The molecule has 1 amide bonds. The molecule has 31 heavy (non-hydrogen) atoms. The van der Waals surface area contributed by atoms with E-state index in [-0.39, 0.29) is 12.5 Å². The van der Waals surface area contributed by atoms with Crippen molar-refractivity contribution in [3.8, 4) is 11.1 Å². The van der Waals surface area contributed by atoms with Crippen molar-refractivity contribution in [3.05, 3.63) is 95.1 Å². The lowest BCUT2D eigenvalue weighted by molar-refractivity contribution is 0.0144. The van der Waals surface area contributed by atoms with Gasteiger partial charge in [0.25, 0.3) is 0 Å². The van der Waals surface area contributed by atoms with Gasteiger partial charge in [0.05, 0.1) is 5.56 Å². The third-order valence-corrected chi connectivity index (χ3v) is 5.46. The van der Waals surface area contributed by atoms with Crippen molar-refractivity contribution < 1.29 is 28.5 Å². The molecule has 1 aliphatic carbocycles. The first-order chi connectivity index (χ1) is 15.0. The summed E-state index contributed by atoms with van der Waals surface area (Å²) in [7, 11) is 0. The first-order valence-electron chi connectivity index (χ1n) is 9.86. The summed E-state index contributed by atoms with van der Waals surface area (Å²) in [4.78, 5) is 12.1. The van der Waals surface area contributed by atoms with Crippen LogP contribution in [-0.4, -0.2) is 35.6 Å². The van der Waals surface area contributed by atoms with Gasteiger partial charge in [0.2, 0.25) is 0 Å². The Kier molecular flexibility index (Phi) is 5.97. The summed E-state index contributed by atoms with van der Waals surface area (Å²) in [6, 6.07) is 18.9. The Labute approximate surface area is 177 Å².